The van der Waals surface area contributed by atoms with Crippen LogP contribution in [-0.2, 0) is 24.6 Å². The predicted molar refractivity (Wildman–Crippen MR) is 26.2 cm³/mol. The number of carbonyl (C=O) groups is 1. The molecule has 0 spiro atoms. The Morgan fingerprint density at radius 2 is 1.88 bits per heavy atom. The van der Waals surface area contributed by atoms with Crippen LogP contribution in [0, 0.1) is 0 Å². The summed E-state index contributed by atoms with van der Waals surface area (Å²) in [5.41, 5.74) is -0.334. The first-order chi connectivity index (χ1) is 3.42. The van der Waals surface area contributed by atoms with Crippen LogP contribution in [0.2, 0.25) is 0 Å². The van der Waals surface area contributed by atoms with Crippen molar-refractivity contribution in [1.82, 2.24) is 0 Å². The van der Waals surface area contributed by atoms with Crippen molar-refractivity contribution in [3.8, 4) is 0 Å². The van der Waals surface area contributed by atoms with Crippen molar-refractivity contribution < 1.29 is 29.3 Å². The van der Waals surface area contributed by atoms with Gasteiger partial charge in [-0.1, -0.05) is 0 Å². The summed E-state index contributed by atoms with van der Waals surface area (Å²) in [6.07, 6.45) is 0. The van der Waals surface area contributed by atoms with E-state index >= 15 is 0 Å². The Morgan fingerprint density at radius 1 is 1.50 bits per heavy atom. The first kappa shape index (κ1) is 8.16. The van der Waals surface area contributed by atoms with Gasteiger partial charge < -0.3 is 0 Å². The second-order valence-electron chi connectivity index (χ2n) is 2.43. The fourth-order valence-electron chi connectivity index (χ4n) is 0.222. The molecule has 0 aromatic heterocycles. The van der Waals surface area contributed by atoms with E-state index < -0.39 is 0 Å². The summed E-state index contributed by atoms with van der Waals surface area (Å²) in [7, 11) is 0. The molecule has 0 heterocycles. The van der Waals surface area contributed by atoms with E-state index in [1.807, 2.05) is 20.8 Å². The molecule has 0 rings (SSSR count). The van der Waals surface area contributed by atoms with Crippen LogP contribution >= 0.6 is 0 Å². The van der Waals surface area contributed by atoms with Crippen LogP contribution in [0.25, 0.3) is 0 Å². The van der Waals surface area contributed by atoms with Crippen LogP contribution < -0.4 is 0 Å². The van der Waals surface area contributed by atoms with E-state index in [4.69, 9.17) is 4.74 Å². The Balaban J connectivity index is 3.55. The third kappa shape index (κ3) is 6.16. The van der Waals surface area contributed by atoms with Gasteiger partial charge in [-0.2, -0.15) is 0 Å². The average Bonchev–Trinajstić information content (AvgIpc) is 1.21. The third-order valence-corrected chi connectivity index (χ3v) is 0.612. The van der Waals surface area contributed by atoms with E-state index in [1.54, 1.807) is 19.8 Å². The Bertz CT molecular complexity index is 93.1. The Hall–Kier alpha value is 0.158. The molecule has 0 saturated carbocycles. The zero-order chi connectivity index (χ0) is 6.78. The van der Waals surface area contributed by atoms with E-state index in [9.17, 15) is 4.79 Å². The summed E-state index contributed by atoms with van der Waals surface area (Å²) in [6.45, 7) is 5.51. The molecule has 0 aromatic rings. The molecule has 0 atom stereocenters. The number of hydrogen-bond donors (Lipinski definition) is 0. The summed E-state index contributed by atoms with van der Waals surface area (Å²) in [5.74, 6) is 0. The van der Waals surface area contributed by atoms with Gasteiger partial charge in [-0.15, -0.1) is 0 Å². The molecule has 0 aromatic carbocycles. The molecule has 3 heteroatoms. The Kier molecular flexibility index (Phi) is 2.68. The van der Waals surface area contributed by atoms with Crippen molar-refractivity contribution in [3.63, 3.8) is 0 Å². The van der Waals surface area contributed by atoms with E-state index in [0.717, 1.165) is 0 Å². The van der Waals surface area contributed by atoms with Gasteiger partial charge in [-0.25, -0.2) is 0 Å². The molecule has 51 valence electrons. The fourth-order valence-corrected chi connectivity index (χ4v) is 0.918. The summed E-state index contributed by atoms with van der Waals surface area (Å²) in [5, 5.41) is 0. The second-order valence-corrected chi connectivity index (χ2v) is 3.35. The number of hydrogen-bond acceptors (Lipinski definition) is 2. The van der Waals surface area contributed by atoms with Crippen molar-refractivity contribution in [2.45, 2.75) is 26.4 Å². The minimum atomic E-state index is -0.334. The van der Waals surface area contributed by atoms with Gasteiger partial charge >= 0.3 is 60.1 Å². The van der Waals surface area contributed by atoms with Crippen molar-refractivity contribution in [3.05, 3.63) is 0 Å². The summed E-state index contributed by atoms with van der Waals surface area (Å²) in [6, 6.07) is 0. The first-order valence-electron chi connectivity index (χ1n) is 2.27. The van der Waals surface area contributed by atoms with E-state index in [2.05, 4.69) is 0 Å². The van der Waals surface area contributed by atoms with Crippen LogP contribution in [0.3, 0.4) is 0 Å². The zero-order valence-electron chi connectivity index (χ0n) is 5.13. The monoisotopic (exact) mass is 296 g/mol. The topological polar surface area (TPSA) is 26.3 Å². The second kappa shape index (κ2) is 2.63. The molecule has 2 nitrogen and oxygen atoms in total. The average molecular weight is 296 g/mol. The molecule has 0 amide bonds. The molecule has 0 unspecified atom stereocenters. The van der Waals surface area contributed by atoms with Crippen molar-refractivity contribution >= 4 is 4.36 Å². The molecule has 0 aliphatic rings. The standard InChI is InChI=1S/C5H9O2.Pt/c1-5(2,3)7-4-6;/h1-3H3;. The molecule has 0 aliphatic heterocycles. The molecule has 0 bridgehead atoms. The maximum atomic E-state index is 10.2. The molecule has 0 N–H and O–H groups in total. The van der Waals surface area contributed by atoms with E-state index in [0.29, 0.717) is 0 Å². The van der Waals surface area contributed by atoms with Crippen molar-refractivity contribution in [2.75, 3.05) is 0 Å². The molecular formula is C5H9O2Pt. The molecular weight excluding hydrogens is 287 g/mol. The molecule has 0 aliphatic carbocycles. The van der Waals surface area contributed by atoms with Crippen LogP contribution in [0.1, 0.15) is 20.8 Å². The normalized spacial score (nSPS) is 11.1. The fraction of sp³-hybridized carbons (Fsp3) is 0.800. The van der Waals surface area contributed by atoms with Gasteiger partial charge in [0.05, 0.1) is 0 Å². The first-order valence-corrected chi connectivity index (χ1v) is 3.41. The Labute approximate surface area is 60.5 Å². The minimum absolute atomic E-state index is 0.252. The van der Waals surface area contributed by atoms with E-state index in [1.165, 1.54) is 0 Å². The molecule has 0 fully saturated rings. The summed E-state index contributed by atoms with van der Waals surface area (Å²) < 4.78 is 4.53. The summed E-state index contributed by atoms with van der Waals surface area (Å²) in [4.78, 5) is 10.2. The van der Waals surface area contributed by atoms with Gasteiger partial charge in [-0.3, -0.25) is 0 Å². The third-order valence-electron chi connectivity index (χ3n) is 0.380. The van der Waals surface area contributed by atoms with Gasteiger partial charge in [0.2, 0.25) is 0 Å². The van der Waals surface area contributed by atoms with Gasteiger partial charge in [0.1, 0.15) is 0 Å². The van der Waals surface area contributed by atoms with Crippen LogP contribution in [0.15, 0.2) is 0 Å². The van der Waals surface area contributed by atoms with E-state index in [-0.39, 0.29) is 9.96 Å². The van der Waals surface area contributed by atoms with Gasteiger partial charge in [0.15, 0.2) is 0 Å². The SMILES string of the molecule is CC(C)(C)O[C](=O)[Pt]. The number of carbonyl (C=O) groups excluding carboxylic acids is 1. The van der Waals surface area contributed by atoms with Gasteiger partial charge in [-0.05, 0) is 0 Å². The maximum absolute atomic E-state index is 10.2. The quantitative estimate of drug-likeness (QED) is 0.676. The molecule has 8 heavy (non-hydrogen) atoms. The van der Waals surface area contributed by atoms with Crippen LogP contribution in [0.5, 0.6) is 0 Å². The summed E-state index contributed by atoms with van der Waals surface area (Å²) >= 11 is 1.59. The Morgan fingerprint density at radius 3 is 1.88 bits per heavy atom. The zero-order valence-corrected chi connectivity index (χ0v) is 7.40. The van der Waals surface area contributed by atoms with Crippen LogP contribution in [-0.4, -0.2) is 9.96 Å². The molecule has 0 saturated heterocycles. The molecule has 0 radical (unpaired) electrons. The predicted octanol–water partition coefficient (Wildman–Crippen LogP) is 1.47. The van der Waals surface area contributed by atoms with Crippen molar-refractivity contribution in [2.24, 2.45) is 0 Å². The number of ether oxygens (including phenoxy) is 1. The van der Waals surface area contributed by atoms with Crippen LogP contribution in [0.4, 0.5) is 4.79 Å². The van der Waals surface area contributed by atoms with Gasteiger partial charge in [0.25, 0.3) is 0 Å². The number of rotatable bonds is 0. The van der Waals surface area contributed by atoms with Gasteiger partial charge in [0, 0.05) is 0 Å². The van der Waals surface area contributed by atoms with Crippen molar-refractivity contribution in [1.29, 1.82) is 0 Å².